The molecule has 0 aliphatic rings. The summed E-state index contributed by atoms with van der Waals surface area (Å²) in [4.78, 5) is 10.5. The molecular formula is C11H15NO5. The largest absolute Gasteiger partial charge is 0.493 e. The molecule has 0 bridgehead atoms. The van der Waals surface area contributed by atoms with Crippen molar-refractivity contribution in [2.24, 2.45) is 0 Å². The second-order valence-electron chi connectivity index (χ2n) is 3.30. The Hall–Kier alpha value is -1.95. The van der Waals surface area contributed by atoms with E-state index in [1.54, 1.807) is 18.2 Å². The predicted octanol–water partition coefficient (Wildman–Crippen LogP) is 1.00. The van der Waals surface area contributed by atoms with Crippen molar-refractivity contribution in [1.29, 1.82) is 0 Å². The van der Waals surface area contributed by atoms with Gasteiger partial charge in [0.05, 0.1) is 26.9 Å². The van der Waals surface area contributed by atoms with Crippen LogP contribution in [0.5, 0.6) is 11.5 Å². The number of hydrogen-bond donors (Lipinski definition) is 3. The van der Waals surface area contributed by atoms with E-state index in [1.807, 2.05) is 0 Å². The average molecular weight is 241 g/mol. The molecule has 0 aromatic heterocycles. The summed E-state index contributed by atoms with van der Waals surface area (Å²) >= 11 is 0. The third-order valence-corrected chi connectivity index (χ3v) is 2.29. The summed E-state index contributed by atoms with van der Waals surface area (Å²) in [6.07, 6.45) is -1.20. The molecule has 1 aromatic rings. The smallest absolute Gasteiger partial charge is 0.405 e. The van der Waals surface area contributed by atoms with Crippen molar-refractivity contribution >= 4 is 6.09 Å². The van der Waals surface area contributed by atoms with E-state index >= 15 is 0 Å². The van der Waals surface area contributed by atoms with Crippen LogP contribution in [0.15, 0.2) is 18.2 Å². The molecule has 0 aliphatic carbocycles. The Morgan fingerprint density at radius 3 is 2.47 bits per heavy atom. The van der Waals surface area contributed by atoms with Crippen molar-refractivity contribution in [3.05, 3.63) is 23.8 Å². The first-order valence-corrected chi connectivity index (χ1v) is 4.94. The van der Waals surface area contributed by atoms with E-state index in [2.05, 4.69) is 5.32 Å². The van der Waals surface area contributed by atoms with Gasteiger partial charge < -0.3 is 25.0 Å². The Kier molecular flexibility index (Phi) is 4.59. The van der Waals surface area contributed by atoms with Crippen LogP contribution in [0, 0.1) is 0 Å². The van der Waals surface area contributed by atoms with E-state index in [0.29, 0.717) is 17.1 Å². The average Bonchev–Trinajstić information content (AvgIpc) is 2.34. The minimum absolute atomic E-state index is 0.332. The van der Waals surface area contributed by atoms with Gasteiger partial charge in [-0.2, -0.15) is 0 Å². The molecule has 1 rings (SSSR count). The summed E-state index contributed by atoms with van der Waals surface area (Å²) in [5, 5.41) is 20.0. The Morgan fingerprint density at radius 2 is 2.00 bits per heavy atom. The first kappa shape index (κ1) is 13.1. The van der Waals surface area contributed by atoms with Gasteiger partial charge >= 0.3 is 6.09 Å². The molecular weight excluding hydrogens is 226 g/mol. The van der Waals surface area contributed by atoms with E-state index in [0.717, 1.165) is 0 Å². The van der Waals surface area contributed by atoms with Gasteiger partial charge in [-0.1, -0.05) is 6.07 Å². The lowest BCUT2D eigenvalue weighted by Crippen LogP contribution is -2.29. The third-order valence-electron chi connectivity index (χ3n) is 2.29. The number of aliphatic hydroxyl groups is 1. The van der Waals surface area contributed by atoms with Gasteiger partial charge in [0, 0.05) is 0 Å². The zero-order valence-corrected chi connectivity index (χ0v) is 9.64. The Balaban J connectivity index is 3.00. The minimum Gasteiger partial charge on any atom is -0.493 e. The van der Waals surface area contributed by atoms with Crippen molar-refractivity contribution in [2.75, 3.05) is 20.8 Å². The van der Waals surface area contributed by atoms with Crippen molar-refractivity contribution < 1.29 is 24.5 Å². The van der Waals surface area contributed by atoms with Crippen molar-refractivity contribution in [1.82, 2.24) is 5.32 Å². The van der Waals surface area contributed by atoms with E-state index in [1.165, 1.54) is 14.2 Å². The Morgan fingerprint density at radius 1 is 1.35 bits per heavy atom. The molecule has 17 heavy (non-hydrogen) atoms. The molecule has 0 fully saturated rings. The number of carbonyl (C=O) groups is 1. The second kappa shape index (κ2) is 5.95. The fourth-order valence-corrected chi connectivity index (χ4v) is 1.45. The maximum atomic E-state index is 10.5. The molecule has 0 spiro atoms. The quantitative estimate of drug-likeness (QED) is 0.716. The highest BCUT2D eigenvalue weighted by Crippen LogP contribution is 2.29. The summed E-state index contributed by atoms with van der Waals surface area (Å²) in [6, 6.07) is 4.25. The summed E-state index contributed by atoms with van der Waals surface area (Å²) < 4.78 is 10.2. The van der Waals surface area contributed by atoms with Crippen molar-refractivity contribution in [3.63, 3.8) is 0 Å². The fraction of sp³-hybridized carbons (Fsp3) is 0.364. The SMILES string of the molecule is COc1ccc([C@@H](CO)NC(=O)O)cc1OC. The molecule has 1 amide bonds. The Labute approximate surface area is 98.8 Å². The number of amides is 1. The van der Waals surface area contributed by atoms with Gasteiger partial charge in [0.2, 0.25) is 0 Å². The second-order valence-corrected chi connectivity index (χ2v) is 3.30. The van der Waals surface area contributed by atoms with Crippen LogP contribution in [-0.2, 0) is 0 Å². The van der Waals surface area contributed by atoms with Gasteiger partial charge in [-0.15, -0.1) is 0 Å². The molecule has 0 unspecified atom stereocenters. The molecule has 0 saturated heterocycles. The monoisotopic (exact) mass is 241 g/mol. The zero-order chi connectivity index (χ0) is 12.8. The van der Waals surface area contributed by atoms with Crippen LogP contribution < -0.4 is 14.8 Å². The van der Waals surface area contributed by atoms with Crippen LogP contribution in [-0.4, -0.2) is 37.1 Å². The predicted molar refractivity (Wildman–Crippen MR) is 60.5 cm³/mol. The number of nitrogens with one attached hydrogen (secondary N) is 1. The molecule has 0 radical (unpaired) electrons. The number of rotatable bonds is 5. The third kappa shape index (κ3) is 3.25. The van der Waals surface area contributed by atoms with Crippen LogP contribution >= 0.6 is 0 Å². The first-order valence-electron chi connectivity index (χ1n) is 4.94. The molecule has 3 N–H and O–H groups in total. The van der Waals surface area contributed by atoms with Crippen LogP contribution in [0.25, 0.3) is 0 Å². The topological polar surface area (TPSA) is 88.0 Å². The fourth-order valence-electron chi connectivity index (χ4n) is 1.45. The summed E-state index contributed by atoms with van der Waals surface area (Å²) in [5.41, 5.74) is 0.604. The number of hydrogen-bond acceptors (Lipinski definition) is 4. The van der Waals surface area contributed by atoms with Gasteiger partial charge in [0.1, 0.15) is 0 Å². The number of benzene rings is 1. The summed E-state index contributed by atoms with van der Waals surface area (Å²) in [6.45, 7) is -0.332. The number of carboxylic acid groups (broad SMARTS) is 1. The highest BCUT2D eigenvalue weighted by Gasteiger charge is 2.15. The van der Waals surface area contributed by atoms with Crippen molar-refractivity contribution in [2.45, 2.75) is 6.04 Å². The lowest BCUT2D eigenvalue weighted by molar-refractivity contribution is 0.177. The van der Waals surface area contributed by atoms with E-state index < -0.39 is 12.1 Å². The normalized spacial score (nSPS) is 11.7. The highest BCUT2D eigenvalue weighted by atomic mass is 16.5. The van der Waals surface area contributed by atoms with Gasteiger partial charge in [-0.05, 0) is 17.7 Å². The highest BCUT2D eigenvalue weighted by molar-refractivity contribution is 5.65. The zero-order valence-electron chi connectivity index (χ0n) is 9.64. The summed E-state index contributed by atoms with van der Waals surface area (Å²) in [5.74, 6) is 1.03. The van der Waals surface area contributed by atoms with Crippen LogP contribution in [0.2, 0.25) is 0 Å². The Bertz CT molecular complexity index is 393. The van der Waals surface area contributed by atoms with E-state index in [-0.39, 0.29) is 6.61 Å². The first-order chi connectivity index (χ1) is 8.12. The van der Waals surface area contributed by atoms with Gasteiger partial charge in [-0.3, -0.25) is 0 Å². The van der Waals surface area contributed by atoms with E-state index in [9.17, 15) is 4.79 Å². The van der Waals surface area contributed by atoms with Gasteiger partial charge in [0.25, 0.3) is 0 Å². The molecule has 6 heteroatoms. The van der Waals surface area contributed by atoms with Crippen LogP contribution in [0.1, 0.15) is 11.6 Å². The molecule has 94 valence electrons. The number of ether oxygens (including phenoxy) is 2. The maximum Gasteiger partial charge on any atom is 0.405 e. The van der Waals surface area contributed by atoms with E-state index in [4.69, 9.17) is 19.7 Å². The molecule has 0 heterocycles. The molecule has 0 saturated carbocycles. The lowest BCUT2D eigenvalue weighted by Gasteiger charge is -2.16. The molecule has 0 aliphatic heterocycles. The standard InChI is InChI=1S/C11H15NO5/c1-16-9-4-3-7(5-10(9)17-2)8(6-13)12-11(14)15/h3-5,8,12-13H,6H2,1-2H3,(H,14,15)/t8-/m1/s1. The maximum absolute atomic E-state index is 10.5. The number of aliphatic hydroxyl groups excluding tert-OH is 1. The molecule has 1 atom stereocenters. The summed E-state index contributed by atoms with van der Waals surface area (Å²) in [7, 11) is 3.00. The molecule has 6 nitrogen and oxygen atoms in total. The minimum atomic E-state index is -1.20. The molecule has 1 aromatic carbocycles. The lowest BCUT2D eigenvalue weighted by atomic mass is 10.1. The van der Waals surface area contributed by atoms with Crippen molar-refractivity contribution in [3.8, 4) is 11.5 Å². The number of methoxy groups -OCH3 is 2. The van der Waals surface area contributed by atoms with Crippen LogP contribution in [0.3, 0.4) is 0 Å². The van der Waals surface area contributed by atoms with Gasteiger partial charge in [0.15, 0.2) is 11.5 Å². The van der Waals surface area contributed by atoms with Gasteiger partial charge in [-0.25, -0.2) is 4.79 Å². The van der Waals surface area contributed by atoms with Crippen LogP contribution in [0.4, 0.5) is 4.79 Å².